The van der Waals surface area contributed by atoms with Gasteiger partial charge >= 0.3 is 6.03 Å². The quantitative estimate of drug-likeness (QED) is 0.579. The number of sulfone groups is 1. The first-order valence-electron chi connectivity index (χ1n) is 8.53. The number of nitrogens with one attached hydrogen (secondary N) is 2. The molecule has 0 bridgehead atoms. The monoisotopic (exact) mass is 451 g/mol. The molecule has 0 spiro atoms. The van der Waals surface area contributed by atoms with Gasteiger partial charge in [0.25, 0.3) is 5.95 Å². The van der Waals surface area contributed by atoms with Gasteiger partial charge in [-0.15, -0.1) is 0 Å². The first-order valence-corrected chi connectivity index (χ1v) is 10.8. The summed E-state index contributed by atoms with van der Waals surface area (Å²) in [6, 6.07) is 2.94. The van der Waals surface area contributed by atoms with Crippen molar-refractivity contribution in [3.05, 3.63) is 47.8 Å². The van der Waals surface area contributed by atoms with Crippen molar-refractivity contribution < 1.29 is 17.9 Å². The minimum Gasteiger partial charge on any atom is -0.495 e. The zero-order chi connectivity index (χ0) is 21.9. The van der Waals surface area contributed by atoms with E-state index in [1.807, 2.05) is 0 Å². The highest BCUT2D eigenvalue weighted by Crippen LogP contribution is 2.33. The second-order valence-corrected chi connectivity index (χ2v) is 8.55. The molecule has 13 heteroatoms. The smallest absolute Gasteiger partial charge is 0.319 e. The van der Waals surface area contributed by atoms with Crippen LogP contribution in [0.1, 0.15) is 18.8 Å². The van der Waals surface area contributed by atoms with Crippen LogP contribution in [0.25, 0.3) is 5.95 Å². The van der Waals surface area contributed by atoms with Gasteiger partial charge in [-0.3, -0.25) is 0 Å². The van der Waals surface area contributed by atoms with Gasteiger partial charge in [0.15, 0.2) is 15.7 Å². The molecule has 11 nitrogen and oxygen atoms in total. The number of rotatable bonds is 6. The van der Waals surface area contributed by atoms with Crippen molar-refractivity contribution in [2.75, 3.05) is 18.7 Å². The lowest BCUT2D eigenvalue weighted by molar-refractivity contribution is 0.248. The van der Waals surface area contributed by atoms with Crippen LogP contribution in [0, 0.1) is 0 Å². The molecule has 1 unspecified atom stereocenters. The van der Waals surface area contributed by atoms with E-state index in [4.69, 9.17) is 16.3 Å². The summed E-state index contributed by atoms with van der Waals surface area (Å²) >= 11 is 6.08. The van der Waals surface area contributed by atoms with Crippen molar-refractivity contribution in [3.63, 3.8) is 0 Å². The molecule has 0 aliphatic heterocycles. The van der Waals surface area contributed by atoms with Gasteiger partial charge in [0.05, 0.1) is 28.8 Å². The van der Waals surface area contributed by atoms with Crippen LogP contribution in [-0.4, -0.2) is 52.5 Å². The molecule has 0 aliphatic rings. The number of methoxy groups -OCH3 is 1. The summed E-state index contributed by atoms with van der Waals surface area (Å²) in [4.78, 5) is 24.7. The van der Waals surface area contributed by atoms with Crippen LogP contribution in [-0.2, 0) is 9.84 Å². The van der Waals surface area contributed by atoms with Crippen molar-refractivity contribution in [1.82, 2.24) is 30.0 Å². The Kier molecular flexibility index (Phi) is 6.17. The molecule has 30 heavy (non-hydrogen) atoms. The predicted octanol–water partition coefficient (Wildman–Crippen LogP) is 2.01. The minimum absolute atomic E-state index is 0.0147. The van der Waals surface area contributed by atoms with Crippen LogP contribution in [0.5, 0.6) is 5.75 Å². The fourth-order valence-electron chi connectivity index (χ4n) is 2.62. The van der Waals surface area contributed by atoms with Gasteiger partial charge in [-0.2, -0.15) is 9.78 Å². The summed E-state index contributed by atoms with van der Waals surface area (Å²) in [5.74, 6) is 0.847. The SMILES string of the molecule is COc1cc(S(C)(=O)=O)c(NC(=O)NC(C)c2ncnn2-c2ncccn2)cc1Cl. The normalized spacial score (nSPS) is 12.3. The van der Waals surface area contributed by atoms with Gasteiger partial charge in [-0.1, -0.05) is 11.6 Å². The van der Waals surface area contributed by atoms with Crippen molar-refractivity contribution in [2.45, 2.75) is 17.9 Å². The summed E-state index contributed by atoms with van der Waals surface area (Å²) in [5.41, 5.74) is 0.0147. The maximum Gasteiger partial charge on any atom is 0.319 e. The zero-order valence-electron chi connectivity index (χ0n) is 16.2. The van der Waals surface area contributed by atoms with E-state index >= 15 is 0 Å². The minimum atomic E-state index is -3.67. The second kappa shape index (κ2) is 8.63. The number of ether oxygens (including phenoxy) is 1. The topological polar surface area (TPSA) is 141 Å². The Bertz CT molecular complexity index is 1170. The average molecular weight is 452 g/mol. The number of carbonyl (C=O) groups is 1. The molecule has 1 atom stereocenters. The highest BCUT2D eigenvalue weighted by molar-refractivity contribution is 7.90. The van der Waals surface area contributed by atoms with Crippen LogP contribution in [0.15, 0.2) is 41.8 Å². The Labute approximate surface area is 177 Å². The van der Waals surface area contributed by atoms with Crippen LogP contribution in [0.2, 0.25) is 5.02 Å². The van der Waals surface area contributed by atoms with E-state index < -0.39 is 21.9 Å². The molecule has 1 aromatic carbocycles. The van der Waals surface area contributed by atoms with Gasteiger partial charge in [-0.25, -0.2) is 28.2 Å². The number of hydrogen-bond donors (Lipinski definition) is 2. The Hall–Kier alpha value is -3.25. The highest BCUT2D eigenvalue weighted by atomic mass is 35.5. The van der Waals surface area contributed by atoms with Gasteiger partial charge in [0, 0.05) is 24.7 Å². The van der Waals surface area contributed by atoms with E-state index in [-0.39, 0.29) is 21.4 Å². The fraction of sp³-hybridized carbons (Fsp3) is 0.235. The standard InChI is InChI=1S/C17H18ClN7O4S/c1-10(15-21-9-22-25(15)16-19-5-4-6-20-16)23-17(26)24-12-7-11(18)13(29-2)8-14(12)30(3,27)28/h4-10H,1-3H3,(H2,23,24,26). The Morgan fingerprint density at radius 1 is 1.23 bits per heavy atom. The molecule has 3 aromatic rings. The van der Waals surface area contributed by atoms with Crippen LogP contribution >= 0.6 is 11.6 Å². The lowest BCUT2D eigenvalue weighted by Crippen LogP contribution is -2.33. The maximum absolute atomic E-state index is 12.5. The van der Waals surface area contributed by atoms with Gasteiger partial charge < -0.3 is 15.4 Å². The Morgan fingerprint density at radius 2 is 1.93 bits per heavy atom. The number of amides is 2. The van der Waals surface area contributed by atoms with Crippen LogP contribution in [0.3, 0.4) is 0 Å². The maximum atomic E-state index is 12.5. The Morgan fingerprint density at radius 3 is 2.57 bits per heavy atom. The predicted molar refractivity (Wildman–Crippen MR) is 109 cm³/mol. The van der Waals surface area contributed by atoms with Crippen molar-refractivity contribution >= 4 is 33.2 Å². The third kappa shape index (κ3) is 4.66. The van der Waals surface area contributed by atoms with E-state index in [0.29, 0.717) is 11.8 Å². The number of carbonyl (C=O) groups excluding carboxylic acids is 1. The van der Waals surface area contributed by atoms with E-state index in [9.17, 15) is 13.2 Å². The number of benzene rings is 1. The van der Waals surface area contributed by atoms with E-state index in [1.165, 1.54) is 30.3 Å². The molecule has 0 radical (unpaired) electrons. The van der Waals surface area contributed by atoms with Crippen molar-refractivity contribution in [3.8, 4) is 11.7 Å². The first-order chi connectivity index (χ1) is 14.2. The molecule has 2 amide bonds. The van der Waals surface area contributed by atoms with Crippen LogP contribution < -0.4 is 15.4 Å². The van der Waals surface area contributed by atoms with Crippen molar-refractivity contribution in [2.24, 2.45) is 0 Å². The fourth-order valence-corrected chi connectivity index (χ4v) is 3.69. The lowest BCUT2D eigenvalue weighted by Gasteiger charge is -2.16. The molecular formula is C17H18ClN7O4S. The van der Waals surface area contributed by atoms with E-state index in [2.05, 4.69) is 30.7 Å². The number of anilines is 1. The summed E-state index contributed by atoms with van der Waals surface area (Å²) in [5, 5.41) is 9.39. The second-order valence-electron chi connectivity index (χ2n) is 6.15. The van der Waals surface area contributed by atoms with Crippen LogP contribution in [0.4, 0.5) is 10.5 Å². The molecule has 0 fully saturated rings. The summed E-state index contributed by atoms with van der Waals surface area (Å²) in [6.07, 6.45) is 5.44. The lowest BCUT2D eigenvalue weighted by atomic mass is 10.3. The van der Waals surface area contributed by atoms with Gasteiger partial charge in [0.2, 0.25) is 0 Å². The molecule has 0 aliphatic carbocycles. The Balaban J connectivity index is 1.82. The number of nitrogens with zero attached hydrogens (tertiary/aromatic N) is 5. The largest absolute Gasteiger partial charge is 0.495 e. The number of halogens is 1. The van der Waals surface area contributed by atoms with Gasteiger partial charge in [-0.05, 0) is 19.1 Å². The zero-order valence-corrected chi connectivity index (χ0v) is 17.8. The number of aromatic nitrogens is 5. The molecule has 0 saturated heterocycles. The molecule has 0 saturated carbocycles. The molecule has 2 heterocycles. The van der Waals surface area contributed by atoms with Crippen molar-refractivity contribution in [1.29, 1.82) is 0 Å². The first kappa shape index (κ1) is 21.5. The number of hydrogen-bond acceptors (Lipinski definition) is 8. The molecule has 2 aromatic heterocycles. The third-order valence-corrected chi connectivity index (χ3v) is 5.38. The average Bonchev–Trinajstić information content (AvgIpc) is 3.18. The molecule has 2 N–H and O–H groups in total. The number of urea groups is 1. The van der Waals surface area contributed by atoms with E-state index in [1.54, 1.807) is 25.4 Å². The van der Waals surface area contributed by atoms with Gasteiger partial charge in [0.1, 0.15) is 12.1 Å². The molecular weight excluding hydrogens is 434 g/mol. The highest BCUT2D eigenvalue weighted by Gasteiger charge is 2.21. The summed E-state index contributed by atoms with van der Waals surface area (Å²) in [7, 11) is -2.30. The van der Waals surface area contributed by atoms with E-state index in [0.717, 1.165) is 6.26 Å². The molecule has 158 valence electrons. The summed E-state index contributed by atoms with van der Waals surface area (Å²) < 4.78 is 30.7. The molecule has 3 rings (SSSR count). The summed E-state index contributed by atoms with van der Waals surface area (Å²) in [6.45, 7) is 1.68. The third-order valence-electron chi connectivity index (χ3n) is 3.95.